The molecule has 0 aromatic carbocycles. The summed E-state index contributed by atoms with van der Waals surface area (Å²) in [5, 5.41) is 12.3. The van der Waals surface area contributed by atoms with Crippen molar-refractivity contribution in [3.05, 3.63) is 0 Å². The minimum absolute atomic E-state index is 0.333. The standard InChI is InChI=1S/C14H26N2O/c1-5-16-14(4,9-15)10-17-13-7-11(2)6-12(3)8-13/h11-13,16H,5-8,10H2,1-4H3. The van der Waals surface area contributed by atoms with Crippen LogP contribution < -0.4 is 5.32 Å². The van der Waals surface area contributed by atoms with Crippen LogP contribution in [0.3, 0.4) is 0 Å². The Bertz CT molecular complexity index is 264. The van der Waals surface area contributed by atoms with E-state index >= 15 is 0 Å². The molecular formula is C14H26N2O. The first-order valence-electron chi connectivity index (χ1n) is 6.77. The fourth-order valence-electron chi connectivity index (χ4n) is 2.81. The van der Waals surface area contributed by atoms with Crippen LogP contribution in [-0.4, -0.2) is 24.8 Å². The van der Waals surface area contributed by atoms with E-state index in [2.05, 4.69) is 25.2 Å². The Morgan fingerprint density at radius 2 is 1.88 bits per heavy atom. The summed E-state index contributed by atoms with van der Waals surface area (Å²) in [5.74, 6) is 1.49. The Labute approximate surface area is 106 Å². The highest BCUT2D eigenvalue weighted by atomic mass is 16.5. The van der Waals surface area contributed by atoms with E-state index in [0.717, 1.165) is 31.2 Å². The van der Waals surface area contributed by atoms with Crippen molar-refractivity contribution in [1.29, 1.82) is 5.26 Å². The number of ether oxygens (including phenoxy) is 1. The zero-order valence-corrected chi connectivity index (χ0v) is 11.6. The Hall–Kier alpha value is -0.590. The molecule has 0 heterocycles. The second-order valence-corrected chi connectivity index (χ2v) is 5.82. The van der Waals surface area contributed by atoms with Gasteiger partial charge in [-0.05, 0) is 44.6 Å². The first-order valence-corrected chi connectivity index (χ1v) is 6.77. The Kier molecular flexibility index (Phi) is 5.42. The van der Waals surface area contributed by atoms with Gasteiger partial charge in [-0.25, -0.2) is 0 Å². The smallest absolute Gasteiger partial charge is 0.127 e. The summed E-state index contributed by atoms with van der Waals surface area (Å²) in [7, 11) is 0. The lowest BCUT2D eigenvalue weighted by molar-refractivity contribution is -0.0164. The van der Waals surface area contributed by atoms with Crippen LogP contribution in [-0.2, 0) is 4.74 Å². The third-order valence-electron chi connectivity index (χ3n) is 3.56. The molecule has 0 bridgehead atoms. The summed E-state index contributed by atoms with van der Waals surface area (Å²) in [6, 6.07) is 2.31. The molecule has 1 fully saturated rings. The molecule has 0 radical (unpaired) electrons. The number of nitrogens with one attached hydrogen (secondary N) is 1. The topological polar surface area (TPSA) is 45.0 Å². The number of nitriles is 1. The van der Waals surface area contributed by atoms with Gasteiger partial charge in [0.1, 0.15) is 5.54 Å². The van der Waals surface area contributed by atoms with E-state index in [0.29, 0.717) is 12.7 Å². The lowest BCUT2D eigenvalue weighted by Gasteiger charge is -2.33. The second-order valence-electron chi connectivity index (χ2n) is 5.82. The third kappa shape index (κ3) is 4.65. The van der Waals surface area contributed by atoms with Gasteiger partial charge in [0.25, 0.3) is 0 Å². The van der Waals surface area contributed by atoms with Crippen molar-refractivity contribution in [2.24, 2.45) is 11.8 Å². The largest absolute Gasteiger partial charge is 0.375 e. The molecule has 1 rings (SSSR count). The van der Waals surface area contributed by atoms with Crippen LogP contribution in [0.4, 0.5) is 0 Å². The molecule has 1 aliphatic rings. The van der Waals surface area contributed by atoms with Crippen LogP contribution in [0.25, 0.3) is 0 Å². The van der Waals surface area contributed by atoms with Crippen molar-refractivity contribution < 1.29 is 4.74 Å². The number of likely N-dealkylation sites (N-methyl/N-ethyl adjacent to an activating group) is 1. The first-order chi connectivity index (χ1) is 7.99. The van der Waals surface area contributed by atoms with Crippen molar-refractivity contribution in [3.8, 4) is 6.07 Å². The molecule has 3 heteroatoms. The van der Waals surface area contributed by atoms with Crippen molar-refractivity contribution in [1.82, 2.24) is 5.32 Å². The summed E-state index contributed by atoms with van der Waals surface area (Å²) >= 11 is 0. The molecule has 0 saturated heterocycles. The molecule has 0 aliphatic heterocycles. The normalized spacial score (nSPS) is 32.8. The molecule has 0 amide bonds. The highest BCUT2D eigenvalue weighted by Gasteiger charge is 2.28. The molecule has 17 heavy (non-hydrogen) atoms. The monoisotopic (exact) mass is 238 g/mol. The Balaban J connectivity index is 2.41. The van der Waals surface area contributed by atoms with Gasteiger partial charge in [-0.15, -0.1) is 0 Å². The van der Waals surface area contributed by atoms with Gasteiger partial charge in [0.2, 0.25) is 0 Å². The minimum Gasteiger partial charge on any atom is -0.375 e. The average molecular weight is 238 g/mol. The number of hydrogen-bond acceptors (Lipinski definition) is 3. The molecule has 3 atom stereocenters. The summed E-state index contributed by atoms with van der Waals surface area (Å²) in [6.45, 7) is 9.79. The van der Waals surface area contributed by atoms with Gasteiger partial charge in [-0.3, -0.25) is 5.32 Å². The van der Waals surface area contributed by atoms with Crippen molar-refractivity contribution in [2.75, 3.05) is 13.2 Å². The lowest BCUT2D eigenvalue weighted by atomic mass is 9.82. The van der Waals surface area contributed by atoms with Gasteiger partial charge >= 0.3 is 0 Å². The van der Waals surface area contributed by atoms with E-state index in [4.69, 9.17) is 10.00 Å². The molecule has 1 N–H and O–H groups in total. The van der Waals surface area contributed by atoms with Gasteiger partial charge < -0.3 is 4.74 Å². The Morgan fingerprint density at radius 1 is 1.29 bits per heavy atom. The van der Waals surface area contributed by atoms with Crippen LogP contribution in [0.15, 0.2) is 0 Å². The summed E-state index contributed by atoms with van der Waals surface area (Å²) in [4.78, 5) is 0. The SMILES string of the molecule is CCNC(C)(C#N)COC1CC(C)CC(C)C1. The van der Waals surface area contributed by atoms with Crippen LogP contribution >= 0.6 is 0 Å². The molecule has 0 aromatic rings. The summed E-state index contributed by atoms with van der Waals surface area (Å²) < 4.78 is 5.95. The van der Waals surface area contributed by atoms with Gasteiger partial charge in [-0.2, -0.15) is 5.26 Å². The molecular weight excluding hydrogens is 212 g/mol. The number of hydrogen-bond donors (Lipinski definition) is 1. The number of nitrogens with zero attached hydrogens (tertiary/aromatic N) is 1. The van der Waals surface area contributed by atoms with Crippen molar-refractivity contribution in [3.63, 3.8) is 0 Å². The molecule has 98 valence electrons. The number of rotatable bonds is 5. The van der Waals surface area contributed by atoms with E-state index in [1.54, 1.807) is 0 Å². The third-order valence-corrected chi connectivity index (χ3v) is 3.56. The van der Waals surface area contributed by atoms with Crippen LogP contribution in [0.1, 0.15) is 47.0 Å². The fourth-order valence-corrected chi connectivity index (χ4v) is 2.81. The molecule has 1 saturated carbocycles. The van der Waals surface area contributed by atoms with Crippen LogP contribution in [0, 0.1) is 23.2 Å². The quantitative estimate of drug-likeness (QED) is 0.801. The maximum Gasteiger partial charge on any atom is 0.127 e. The van der Waals surface area contributed by atoms with Crippen molar-refractivity contribution in [2.45, 2.75) is 58.6 Å². The second kappa shape index (κ2) is 6.37. The Morgan fingerprint density at radius 3 is 2.35 bits per heavy atom. The van der Waals surface area contributed by atoms with Gasteiger partial charge in [0, 0.05) is 0 Å². The minimum atomic E-state index is -0.543. The highest BCUT2D eigenvalue weighted by molar-refractivity contribution is 5.03. The summed E-state index contributed by atoms with van der Waals surface area (Å²) in [6.07, 6.45) is 3.92. The van der Waals surface area contributed by atoms with E-state index in [1.165, 1.54) is 6.42 Å². The average Bonchev–Trinajstić information content (AvgIpc) is 2.26. The lowest BCUT2D eigenvalue weighted by Crippen LogP contribution is -2.46. The van der Waals surface area contributed by atoms with Crippen LogP contribution in [0.5, 0.6) is 0 Å². The maximum atomic E-state index is 9.16. The predicted octanol–water partition coefficient (Wildman–Crippen LogP) is 2.72. The van der Waals surface area contributed by atoms with Gasteiger partial charge in [0.15, 0.2) is 0 Å². The van der Waals surface area contributed by atoms with Gasteiger partial charge in [-0.1, -0.05) is 20.8 Å². The molecule has 0 aromatic heterocycles. The molecule has 1 aliphatic carbocycles. The highest BCUT2D eigenvalue weighted by Crippen LogP contribution is 2.30. The first kappa shape index (κ1) is 14.5. The van der Waals surface area contributed by atoms with E-state index in [-0.39, 0.29) is 0 Å². The maximum absolute atomic E-state index is 9.16. The molecule has 3 nitrogen and oxygen atoms in total. The van der Waals surface area contributed by atoms with E-state index in [1.807, 2.05) is 13.8 Å². The predicted molar refractivity (Wildman–Crippen MR) is 69.6 cm³/mol. The van der Waals surface area contributed by atoms with E-state index < -0.39 is 5.54 Å². The van der Waals surface area contributed by atoms with Crippen molar-refractivity contribution >= 4 is 0 Å². The zero-order valence-electron chi connectivity index (χ0n) is 11.6. The summed E-state index contributed by atoms with van der Waals surface area (Å²) in [5.41, 5.74) is -0.543. The van der Waals surface area contributed by atoms with Crippen LogP contribution in [0.2, 0.25) is 0 Å². The molecule has 3 unspecified atom stereocenters. The fraction of sp³-hybridized carbons (Fsp3) is 0.929. The van der Waals surface area contributed by atoms with Gasteiger partial charge in [0.05, 0.1) is 18.8 Å². The van der Waals surface area contributed by atoms with E-state index in [9.17, 15) is 0 Å². The zero-order chi connectivity index (χ0) is 12.9. The molecule has 0 spiro atoms.